The number of aliphatic hydroxyl groups is 3. The Balaban J connectivity index is 0.00000127. The first-order chi connectivity index (χ1) is 17.8. The lowest BCUT2D eigenvalue weighted by molar-refractivity contribution is -0.225. The molecule has 1 saturated heterocycles. The van der Waals surface area contributed by atoms with E-state index in [0.717, 1.165) is 12.1 Å². The molecule has 5 atom stereocenters. The van der Waals surface area contributed by atoms with Crippen molar-refractivity contribution in [1.29, 1.82) is 0 Å². The standard InChI is InChI=1S/C21H20O13S.C3H8/c22-7-14-17(27)18(28)21(34-35(29,30)31)20(33-14)16-11(25)5-10(24)15-12(26)6-13(32-19(15)16)8-1-3-9(23)4-2-8;1-3-2/h1-6,14,17-18,20-25,27-28H,7H2,(H,29,30,31);3H2,1-2H3/t14?,17-,18?,20?,21?;/m1./s1. The molecule has 1 fully saturated rings. The summed E-state index contributed by atoms with van der Waals surface area (Å²) in [6, 6.07) is 7.21. The molecule has 1 aliphatic rings. The largest absolute Gasteiger partial charge is 0.508 e. The highest BCUT2D eigenvalue weighted by Gasteiger charge is 2.49. The number of hydrogen-bond acceptors (Lipinski definition) is 12. The Labute approximate surface area is 216 Å². The number of aliphatic hydroxyl groups excluding tert-OH is 3. The molecule has 14 heteroatoms. The van der Waals surface area contributed by atoms with Gasteiger partial charge in [0, 0.05) is 17.7 Å². The molecule has 2 aromatic carbocycles. The minimum absolute atomic E-state index is 0.0729. The Kier molecular flexibility index (Phi) is 8.99. The molecular formula is C24H28O13S. The van der Waals surface area contributed by atoms with Gasteiger partial charge in [0.15, 0.2) is 11.0 Å². The SMILES string of the molecule is CCC.O=c1cc(-c2ccc(O)cc2)oc2c(C3OC(CO)[C@@H](O)C(O)C3OS(=O)(=O)O)c(O)cc(O)c12. The van der Waals surface area contributed by atoms with Gasteiger partial charge in [0.05, 0.1) is 12.2 Å². The lowest BCUT2D eigenvalue weighted by Crippen LogP contribution is -2.56. The van der Waals surface area contributed by atoms with Gasteiger partial charge in [-0.3, -0.25) is 9.35 Å². The smallest absolute Gasteiger partial charge is 0.397 e. The highest BCUT2D eigenvalue weighted by Crippen LogP contribution is 2.44. The van der Waals surface area contributed by atoms with Crippen molar-refractivity contribution < 1.29 is 56.9 Å². The molecule has 2 heterocycles. The van der Waals surface area contributed by atoms with Gasteiger partial charge >= 0.3 is 10.4 Å². The van der Waals surface area contributed by atoms with E-state index in [1.54, 1.807) is 0 Å². The molecule has 1 aromatic heterocycles. The summed E-state index contributed by atoms with van der Waals surface area (Å²) < 4.78 is 47.9. The van der Waals surface area contributed by atoms with E-state index in [-0.39, 0.29) is 11.5 Å². The second-order valence-electron chi connectivity index (χ2n) is 8.51. The van der Waals surface area contributed by atoms with Gasteiger partial charge in [-0.25, -0.2) is 4.18 Å². The molecule has 3 aromatic rings. The topological polar surface area (TPSA) is 224 Å². The fourth-order valence-electron chi connectivity index (χ4n) is 3.94. The third kappa shape index (κ3) is 6.07. The van der Waals surface area contributed by atoms with Crippen molar-refractivity contribution >= 4 is 21.4 Å². The molecule has 0 bridgehead atoms. The summed E-state index contributed by atoms with van der Waals surface area (Å²) in [5, 5.41) is 60.2. The molecular weight excluding hydrogens is 528 g/mol. The molecule has 13 nitrogen and oxygen atoms in total. The summed E-state index contributed by atoms with van der Waals surface area (Å²) in [4.78, 5) is 12.9. The fourth-order valence-corrected chi connectivity index (χ4v) is 4.43. The maximum absolute atomic E-state index is 12.9. The first-order valence-electron chi connectivity index (χ1n) is 11.4. The molecule has 0 saturated carbocycles. The van der Waals surface area contributed by atoms with Crippen LogP contribution >= 0.6 is 0 Å². The normalized spacial score (nSPS) is 23.6. The van der Waals surface area contributed by atoms with Crippen LogP contribution in [0.2, 0.25) is 0 Å². The molecule has 208 valence electrons. The summed E-state index contributed by atoms with van der Waals surface area (Å²) in [6.07, 6.45) is -8.11. The van der Waals surface area contributed by atoms with Crippen LogP contribution in [0.5, 0.6) is 17.2 Å². The third-order valence-electron chi connectivity index (χ3n) is 5.53. The van der Waals surface area contributed by atoms with Crippen LogP contribution < -0.4 is 5.43 Å². The minimum Gasteiger partial charge on any atom is -0.508 e. The van der Waals surface area contributed by atoms with E-state index >= 15 is 0 Å². The van der Waals surface area contributed by atoms with Crippen LogP contribution in [0.15, 0.2) is 45.6 Å². The summed E-state index contributed by atoms with van der Waals surface area (Å²) in [5.74, 6) is -1.64. The van der Waals surface area contributed by atoms with Gasteiger partial charge in [0.1, 0.15) is 58.9 Å². The molecule has 4 rings (SSSR count). The number of aromatic hydroxyl groups is 3. The molecule has 7 N–H and O–H groups in total. The molecule has 4 unspecified atom stereocenters. The number of rotatable bonds is 5. The Morgan fingerprint density at radius 1 is 0.974 bits per heavy atom. The molecule has 1 aliphatic heterocycles. The minimum atomic E-state index is -5.24. The number of fused-ring (bicyclic) bond motifs is 1. The third-order valence-corrected chi connectivity index (χ3v) is 6.00. The Hall–Kier alpha value is -3.24. The monoisotopic (exact) mass is 556 g/mol. The van der Waals surface area contributed by atoms with Crippen molar-refractivity contribution in [3.05, 3.63) is 52.2 Å². The van der Waals surface area contributed by atoms with Crippen molar-refractivity contribution in [2.45, 2.75) is 50.8 Å². The number of ether oxygens (including phenoxy) is 1. The van der Waals surface area contributed by atoms with Crippen molar-refractivity contribution in [2.75, 3.05) is 6.61 Å². The zero-order chi connectivity index (χ0) is 28.4. The van der Waals surface area contributed by atoms with Gasteiger partial charge < -0.3 is 39.8 Å². The predicted molar refractivity (Wildman–Crippen MR) is 132 cm³/mol. The number of phenols is 3. The maximum Gasteiger partial charge on any atom is 0.397 e. The van der Waals surface area contributed by atoms with E-state index in [1.807, 2.05) is 0 Å². The van der Waals surface area contributed by atoms with E-state index in [4.69, 9.17) is 9.15 Å². The van der Waals surface area contributed by atoms with Gasteiger partial charge in [0.25, 0.3) is 0 Å². The van der Waals surface area contributed by atoms with Crippen molar-refractivity contribution in [1.82, 2.24) is 0 Å². The fraction of sp³-hybridized carbons (Fsp3) is 0.375. The van der Waals surface area contributed by atoms with Crippen LogP contribution in [0.25, 0.3) is 22.3 Å². The van der Waals surface area contributed by atoms with E-state index < -0.39 is 81.0 Å². The van der Waals surface area contributed by atoms with E-state index in [2.05, 4.69) is 18.0 Å². The second-order valence-corrected chi connectivity index (χ2v) is 9.56. The van der Waals surface area contributed by atoms with Gasteiger partial charge in [-0.05, 0) is 24.3 Å². The number of hydrogen-bond donors (Lipinski definition) is 7. The van der Waals surface area contributed by atoms with Crippen molar-refractivity contribution in [2.24, 2.45) is 0 Å². The maximum atomic E-state index is 12.9. The second kappa shape index (κ2) is 11.7. The molecule has 0 spiro atoms. The summed E-state index contributed by atoms with van der Waals surface area (Å²) in [7, 11) is -5.24. The summed E-state index contributed by atoms with van der Waals surface area (Å²) in [5.41, 5.74) is -1.45. The van der Waals surface area contributed by atoms with Crippen LogP contribution in [0.4, 0.5) is 0 Å². The average Bonchev–Trinajstić information content (AvgIpc) is 2.83. The van der Waals surface area contributed by atoms with Gasteiger partial charge in [-0.2, -0.15) is 8.42 Å². The molecule has 0 amide bonds. The zero-order valence-electron chi connectivity index (χ0n) is 20.3. The van der Waals surface area contributed by atoms with Crippen molar-refractivity contribution in [3.63, 3.8) is 0 Å². The van der Waals surface area contributed by atoms with E-state index in [9.17, 15) is 48.4 Å². The van der Waals surface area contributed by atoms with E-state index in [0.29, 0.717) is 5.56 Å². The zero-order valence-corrected chi connectivity index (χ0v) is 21.1. The van der Waals surface area contributed by atoms with Gasteiger partial charge in [-0.1, -0.05) is 20.3 Å². The van der Waals surface area contributed by atoms with Gasteiger partial charge in [0.2, 0.25) is 0 Å². The molecule has 0 radical (unpaired) electrons. The Morgan fingerprint density at radius 2 is 1.58 bits per heavy atom. The Morgan fingerprint density at radius 3 is 2.13 bits per heavy atom. The van der Waals surface area contributed by atoms with Crippen LogP contribution in [0.3, 0.4) is 0 Å². The predicted octanol–water partition coefficient (Wildman–Crippen LogP) is 1.34. The highest BCUT2D eigenvalue weighted by atomic mass is 32.3. The lowest BCUT2D eigenvalue weighted by atomic mass is 9.89. The van der Waals surface area contributed by atoms with Crippen LogP contribution in [-0.2, 0) is 19.3 Å². The van der Waals surface area contributed by atoms with Crippen LogP contribution in [-0.4, -0.2) is 74.6 Å². The highest BCUT2D eigenvalue weighted by molar-refractivity contribution is 7.80. The first-order valence-corrected chi connectivity index (χ1v) is 12.8. The van der Waals surface area contributed by atoms with E-state index in [1.165, 1.54) is 30.7 Å². The first kappa shape index (κ1) is 29.3. The number of phenolic OH excluding ortho intramolecular Hbond substituents is 3. The lowest BCUT2D eigenvalue weighted by Gasteiger charge is -2.41. The van der Waals surface area contributed by atoms with Crippen LogP contribution in [0, 0.1) is 0 Å². The molecule has 0 aliphatic carbocycles. The quantitative estimate of drug-likeness (QED) is 0.221. The summed E-state index contributed by atoms with van der Waals surface area (Å²) in [6.45, 7) is 3.40. The Bertz CT molecular complexity index is 1430. The average molecular weight is 557 g/mol. The van der Waals surface area contributed by atoms with Gasteiger partial charge in [-0.15, -0.1) is 0 Å². The summed E-state index contributed by atoms with van der Waals surface area (Å²) >= 11 is 0. The molecule has 38 heavy (non-hydrogen) atoms. The number of benzene rings is 2. The van der Waals surface area contributed by atoms with Crippen LogP contribution in [0.1, 0.15) is 31.9 Å². The van der Waals surface area contributed by atoms with Crippen molar-refractivity contribution in [3.8, 4) is 28.6 Å².